The van der Waals surface area contributed by atoms with Gasteiger partial charge in [-0.15, -0.1) is 0 Å². The van der Waals surface area contributed by atoms with Gasteiger partial charge in [-0.05, 0) is 35.7 Å². The first-order chi connectivity index (χ1) is 17.3. The number of nitrogens with zero attached hydrogens (tertiary/aromatic N) is 1. The van der Waals surface area contributed by atoms with E-state index in [1.165, 1.54) is 10.8 Å². The summed E-state index contributed by atoms with van der Waals surface area (Å²) in [6, 6.07) is 33.3. The molecular formula is C31H22NO3+. The molecule has 7 rings (SSSR count). The van der Waals surface area contributed by atoms with Crippen LogP contribution in [-0.2, 0) is 0 Å². The highest BCUT2D eigenvalue weighted by Crippen LogP contribution is 2.53. The van der Waals surface area contributed by atoms with Crippen molar-refractivity contribution in [2.45, 2.75) is 0 Å². The number of hydrogen-bond acceptors (Lipinski definition) is 3. The Labute approximate surface area is 202 Å². The SMILES string of the molecule is COc1cccc2c1-c1c3c(OC)cccc3[n+](-c3cccc4ccccc34)c3cccc(c13)O2. The molecule has 0 fully saturated rings. The second kappa shape index (κ2) is 7.47. The predicted molar refractivity (Wildman–Crippen MR) is 139 cm³/mol. The summed E-state index contributed by atoms with van der Waals surface area (Å²) in [5.74, 6) is 3.18. The third kappa shape index (κ3) is 2.71. The Morgan fingerprint density at radius 2 is 1.23 bits per heavy atom. The van der Waals surface area contributed by atoms with Crippen molar-refractivity contribution in [2.75, 3.05) is 14.2 Å². The molecule has 2 heterocycles. The Bertz CT molecular complexity index is 1800. The van der Waals surface area contributed by atoms with Gasteiger partial charge in [-0.1, -0.05) is 48.5 Å². The molecule has 4 nitrogen and oxygen atoms in total. The highest BCUT2D eigenvalue weighted by atomic mass is 16.5. The molecule has 5 aromatic carbocycles. The quantitative estimate of drug-likeness (QED) is 0.208. The summed E-state index contributed by atoms with van der Waals surface area (Å²) in [5.41, 5.74) is 5.23. The molecule has 4 heteroatoms. The summed E-state index contributed by atoms with van der Waals surface area (Å²) in [5, 5.41) is 4.43. The lowest BCUT2D eigenvalue weighted by molar-refractivity contribution is -0.536. The molecule has 35 heavy (non-hydrogen) atoms. The molecular weight excluding hydrogens is 434 g/mol. The molecule has 0 bridgehead atoms. The summed E-state index contributed by atoms with van der Waals surface area (Å²) in [6.45, 7) is 0. The molecule has 0 saturated carbocycles. The highest BCUT2D eigenvalue weighted by molar-refractivity contribution is 6.15. The molecule has 0 saturated heterocycles. The van der Waals surface area contributed by atoms with Crippen LogP contribution < -0.4 is 18.8 Å². The maximum Gasteiger partial charge on any atom is 0.223 e. The van der Waals surface area contributed by atoms with Gasteiger partial charge < -0.3 is 14.2 Å². The van der Waals surface area contributed by atoms with Crippen molar-refractivity contribution in [1.29, 1.82) is 0 Å². The molecule has 1 aliphatic heterocycles. The average molecular weight is 457 g/mol. The lowest BCUT2D eigenvalue weighted by Gasteiger charge is -2.24. The van der Waals surface area contributed by atoms with Crippen LogP contribution in [0.3, 0.4) is 0 Å². The van der Waals surface area contributed by atoms with Crippen LogP contribution in [0.5, 0.6) is 23.0 Å². The number of hydrogen-bond donors (Lipinski definition) is 0. The van der Waals surface area contributed by atoms with E-state index >= 15 is 0 Å². The molecule has 1 aromatic heterocycles. The zero-order valence-electron chi connectivity index (χ0n) is 19.4. The van der Waals surface area contributed by atoms with Crippen molar-refractivity contribution in [2.24, 2.45) is 0 Å². The fourth-order valence-corrected chi connectivity index (χ4v) is 5.47. The van der Waals surface area contributed by atoms with E-state index in [0.717, 1.165) is 61.6 Å². The van der Waals surface area contributed by atoms with Gasteiger partial charge in [0.05, 0.1) is 35.9 Å². The molecule has 6 aromatic rings. The fourth-order valence-electron chi connectivity index (χ4n) is 5.47. The van der Waals surface area contributed by atoms with Crippen LogP contribution >= 0.6 is 0 Å². The van der Waals surface area contributed by atoms with E-state index in [1.807, 2.05) is 36.4 Å². The number of rotatable bonds is 3. The Balaban J connectivity index is 1.77. The lowest BCUT2D eigenvalue weighted by atomic mass is 9.91. The van der Waals surface area contributed by atoms with E-state index < -0.39 is 0 Å². The van der Waals surface area contributed by atoms with Gasteiger partial charge in [0.15, 0.2) is 0 Å². The van der Waals surface area contributed by atoms with Gasteiger partial charge in [0.2, 0.25) is 16.7 Å². The summed E-state index contributed by atoms with van der Waals surface area (Å²) in [6.07, 6.45) is 0. The summed E-state index contributed by atoms with van der Waals surface area (Å²) >= 11 is 0. The van der Waals surface area contributed by atoms with Crippen LogP contribution in [0, 0.1) is 0 Å². The van der Waals surface area contributed by atoms with E-state index in [2.05, 4.69) is 65.2 Å². The zero-order valence-corrected chi connectivity index (χ0v) is 19.4. The van der Waals surface area contributed by atoms with Gasteiger partial charge >= 0.3 is 0 Å². The van der Waals surface area contributed by atoms with Gasteiger partial charge in [-0.25, -0.2) is 0 Å². The Morgan fingerprint density at radius 1 is 0.571 bits per heavy atom. The third-order valence-corrected chi connectivity index (χ3v) is 6.90. The summed E-state index contributed by atoms with van der Waals surface area (Å²) in [7, 11) is 3.42. The van der Waals surface area contributed by atoms with Crippen molar-refractivity contribution in [3.63, 3.8) is 0 Å². The van der Waals surface area contributed by atoms with Gasteiger partial charge in [0.1, 0.15) is 23.0 Å². The Hall–Kier alpha value is -4.57. The van der Waals surface area contributed by atoms with E-state index in [0.29, 0.717) is 0 Å². The van der Waals surface area contributed by atoms with Crippen LogP contribution in [0.25, 0.3) is 49.4 Å². The second-order valence-electron chi connectivity index (χ2n) is 8.65. The van der Waals surface area contributed by atoms with Gasteiger partial charge in [-0.2, -0.15) is 4.57 Å². The molecule has 0 atom stereocenters. The van der Waals surface area contributed by atoms with Crippen molar-refractivity contribution >= 4 is 32.6 Å². The zero-order chi connectivity index (χ0) is 23.5. The van der Waals surface area contributed by atoms with Crippen LogP contribution in [0.1, 0.15) is 0 Å². The van der Waals surface area contributed by atoms with Gasteiger partial charge in [-0.3, -0.25) is 0 Å². The minimum Gasteiger partial charge on any atom is -0.496 e. The van der Waals surface area contributed by atoms with E-state index in [1.54, 1.807) is 14.2 Å². The van der Waals surface area contributed by atoms with Crippen molar-refractivity contribution in [3.05, 3.63) is 97.1 Å². The normalized spacial score (nSPS) is 11.9. The van der Waals surface area contributed by atoms with Gasteiger partial charge in [0, 0.05) is 23.8 Å². The number of fused-ring (bicyclic) bond motifs is 5. The molecule has 0 radical (unpaired) electrons. The highest BCUT2D eigenvalue weighted by Gasteiger charge is 2.33. The maximum atomic E-state index is 6.46. The van der Waals surface area contributed by atoms with Crippen molar-refractivity contribution in [3.8, 4) is 39.8 Å². The third-order valence-electron chi connectivity index (χ3n) is 6.90. The van der Waals surface area contributed by atoms with Crippen LogP contribution in [0.15, 0.2) is 97.1 Å². The number of aromatic nitrogens is 1. The Kier molecular flexibility index (Phi) is 4.24. The first-order valence-electron chi connectivity index (χ1n) is 11.6. The van der Waals surface area contributed by atoms with E-state index in [4.69, 9.17) is 14.2 Å². The first-order valence-corrected chi connectivity index (χ1v) is 11.6. The largest absolute Gasteiger partial charge is 0.496 e. The fraction of sp³-hybridized carbons (Fsp3) is 0.0645. The number of ether oxygens (including phenoxy) is 3. The average Bonchev–Trinajstić information content (AvgIpc) is 2.92. The summed E-state index contributed by atoms with van der Waals surface area (Å²) in [4.78, 5) is 0. The Morgan fingerprint density at radius 3 is 2.09 bits per heavy atom. The number of benzene rings is 5. The second-order valence-corrected chi connectivity index (χ2v) is 8.65. The van der Waals surface area contributed by atoms with Crippen LogP contribution in [0.2, 0.25) is 0 Å². The minimum atomic E-state index is 0.772. The maximum absolute atomic E-state index is 6.46. The van der Waals surface area contributed by atoms with Crippen molar-refractivity contribution in [1.82, 2.24) is 0 Å². The molecule has 0 unspecified atom stereocenters. The van der Waals surface area contributed by atoms with E-state index in [9.17, 15) is 0 Å². The van der Waals surface area contributed by atoms with Crippen molar-refractivity contribution < 1.29 is 18.8 Å². The molecule has 0 aliphatic carbocycles. The molecule has 1 aliphatic rings. The summed E-state index contributed by atoms with van der Waals surface area (Å²) < 4.78 is 20.6. The minimum absolute atomic E-state index is 0.772. The molecule has 0 amide bonds. The lowest BCUT2D eigenvalue weighted by Crippen LogP contribution is -2.33. The number of methoxy groups -OCH3 is 2. The smallest absolute Gasteiger partial charge is 0.223 e. The van der Waals surface area contributed by atoms with E-state index in [-0.39, 0.29) is 0 Å². The monoisotopic (exact) mass is 456 g/mol. The first kappa shape index (κ1) is 19.9. The topological polar surface area (TPSA) is 31.6 Å². The number of pyridine rings is 1. The van der Waals surface area contributed by atoms with Crippen LogP contribution in [-0.4, -0.2) is 14.2 Å². The molecule has 0 N–H and O–H groups in total. The van der Waals surface area contributed by atoms with Gasteiger partial charge in [0.25, 0.3) is 0 Å². The molecule has 0 spiro atoms. The van der Waals surface area contributed by atoms with Crippen LogP contribution in [0.4, 0.5) is 0 Å². The molecule has 168 valence electrons. The predicted octanol–water partition coefficient (Wildman–Crippen LogP) is 7.21. The standard InChI is InChI=1S/C31H22NO3/c1-33-24-15-6-13-22-28(24)31-29-23(32(22)21-12-5-10-19-9-3-4-11-20(19)21)14-7-17-26(29)35-27-18-8-16-25(34-2)30(27)31/h3-18H,1-2H3/q+1.